The number of rotatable bonds is 10. The van der Waals surface area contributed by atoms with Gasteiger partial charge in [0.25, 0.3) is 0 Å². The quantitative estimate of drug-likeness (QED) is 0.608. The van der Waals surface area contributed by atoms with E-state index in [0.29, 0.717) is 12.4 Å². The fraction of sp³-hybridized carbons (Fsp3) is 0.533. The zero-order chi connectivity index (χ0) is 13.9. The van der Waals surface area contributed by atoms with E-state index < -0.39 is 12.6 Å². The zero-order valence-electron chi connectivity index (χ0n) is 11.4. The molecule has 1 aromatic rings. The fourth-order valence-corrected chi connectivity index (χ4v) is 1.67. The van der Waals surface area contributed by atoms with E-state index in [1.807, 2.05) is 0 Å². The molecule has 0 saturated carbocycles. The first-order valence-corrected chi connectivity index (χ1v) is 6.78. The number of hydrogen-bond donors (Lipinski definition) is 0. The van der Waals surface area contributed by atoms with Crippen LogP contribution in [-0.2, 0) is 4.79 Å². The summed E-state index contributed by atoms with van der Waals surface area (Å²) in [6.45, 7) is 2.47. The predicted molar refractivity (Wildman–Crippen MR) is 71.2 cm³/mol. The average molecular weight is 265 g/mol. The molecule has 0 amide bonds. The topological polar surface area (TPSA) is 58.6 Å². The molecule has 0 atom stereocenters. The van der Waals surface area contributed by atoms with Gasteiger partial charge in [0.1, 0.15) is 18.1 Å². The minimum Gasteiger partial charge on any atom is -0.546 e. The highest BCUT2D eigenvalue weighted by Gasteiger charge is 1.97. The number of unbranched alkanes of at least 4 members (excludes halogenated alkanes) is 4. The summed E-state index contributed by atoms with van der Waals surface area (Å²) in [5, 5.41) is 10.2. The molecular formula is C15H21O4-. The van der Waals surface area contributed by atoms with E-state index in [0.717, 1.165) is 12.2 Å². The third kappa shape index (κ3) is 7.34. The van der Waals surface area contributed by atoms with Crippen LogP contribution in [0.3, 0.4) is 0 Å². The second kappa shape index (κ2) is 9.25. The molecular weight excluding hydrogens is 244 g/mol. The number of carbonyl (C=O) groups excluding carboxylic acids is 1. The molecule has 4 heteroatoms. The maximum absolute atomic E-state index is 10.2. The Bertz CT molecular complexity index is 359. The third-order valence-corrected chi connectivity index (χ3v) is 2.70. The Hall–Kier alpha value is -1.71. The van der Waals surface area contributed by atoms with Crippen molar-refractivity contribution in [3.63, 3.8) is 0 Å². The lowest BCUT2D eigenvalue weighted by atomic mass is 10.2. The van der Waals surface area contributed by atoms with Crippen molar-refractivity contribution in [2.45, 2.75) is 39.0 Å². The Labute approximate surface area is 114 Å². The van der Waals surface area contributed by atoms with Crippen molar-refractivity contribution >= 4 is 5.97 Å². The smallest absolute Gasteiger partial charge is 0.128 e. The monoisotopic (exact) mass is 265 g/mol. The van der Waals surface area contributed by atoms with Crippen molar-refractivity contribution in [3.05, 3.63) is 24.3 Å². The van der Waals surface area contributed by atoms with Crippen LogP contribution in [0.1, 0.15) is 39.0 Å². The van der Waals surface area contributed by atoms with Gasteiger partial charge < -0.3 is 19.4 Å². The van der Waals surface area contributed by atoms with E-state index in [1.54, 1.807) is 24.3 Å². The van der Waals surface area contributed by atoms with E-state index in [9.17, 15) is 9.90 Å². The van der Waals surface area contributed by atoms with E-state index in [2.05, 4.69) is 6.92 Å². The van der Waals surface area contributed by atoms with Gasteiger partial charge in [0.2, 0.25) is 0 Å². The first-order chi connectivity index (χ1) is 9.22. The predicted octanol–water partition coefficient (Wildman–Crippen LogP) is 2.16. The summed E-state index contributed by atoms with van der Waals surface area (Å²) in [4.78, 5) is 10.2. The molecule has 0 N–H and O–H groups in total. The molecule has 0 bridgehead atoms. The maximum atomic E-state index is 10.2. The molecule has 1 rings (SSSR count). The Morgan fingerprint density at radius 2 is 1.58 bits per heavy atom. The Balaban J connectivity index is 2.19. The van der Waals surface area contributed by atoms with Gasteiger partial charge in [-0.25, -0.2) is 0 Å². The Morgan fingerprint density at radius 3 is 2.16 bits per heavy atom. The number of carbonyl (C=O) groups is 1. The van der Waals surface area contributed by atoms with E-state index in [4.69, 9.17) is 9.47 Å². The lowest BCUT2D eigenvalue weighted by Gasteiger charge is -2.09. The van der Waals surface area contributed by atoms with Crippen molar-refractivity contribution in [1.29, 1.82) is 0 Å². The van der Waals surface area contributed by atoms with Crippen molar-refractivity contribution in [3.8, 4) is 11.5 Å². The van der Waals surface area contributed by atoms with Crippen LogP contribution in [-0.4, -0.2) is 19.2 Å². The maximum Gasteiger partial charge on any atom is 0.128 e. The molecule has 0 saturated heterocycles. The van der Waals surface area contributed by atoms with Gasteiger partial charge in [-0.05, 0) is 30.7 Å². The van der Waals surface area contributed by atoms with Gasteiger partial charge in [-0.15, -0.1) is 0 Å². The van der Waals surface area contributed by atoms with Crippen molar-refractivity contribution in [2.75, 3.05) is 13.2 Å². The average Bonchev–Trinajstić information content (AvgIpc) is 2.41. The number of carboxylic acid groups (broad SMARTS) is 1. The molecule has 0 aromatic heterocycles. The normalized spacial score (nSPS) is 10.2. The molecule has 0 aliphatic heterocycles. The number of ether oxygens (including phenoxy) is 2. The van der Waals surface area contributed by atoms with Crippen LogP contribution in [0.4, 0.5) is 0 Å². The molecule has 0 heterocycles. The minimum absolute atomic E-state index is 0.433. The largest absolute Gasteiger partial charge is 0.546 e. The molecule has 0 unspecified atom stereocenters. The Kier molecular flexibility index (Phi) is 7.47. The van der Waals surface area contributed by atoms with Crippen LogP contribution < -0.4 is 14.6 Å². The molecule has 0 aliphatic rings. The van der Waals surface area contributed by atoms with Crippen molar-refractivity contribution in [1.82, 2.24) is 0 Å². The van der Waals surface area contributed by atoms with Crippen LogP contribution in [0.25, 0.3) is 0 Å². The molecule has 19 heavy (non-hydrogen) atoms. The van der Waals surface area contributed by atoms with E-state index in [1.165, 1.54) is 25.7 Å². The van der Waals surface area contributed by atoms with Gasteiger partial charge in [-0.1, -0.05) is 32.6 Å². The minimum atomic E-state index is -1.23. The van der Waals surface area contributed by atoms with E-state index in [-0.39, 0.29) is 0 Å². The number of benzene rings is 1. The summed E-state index contributed by atoms with van der Waals surface area (Å²) in [7, 11) is 0. The summed E-state index contributed by atoms with van der Waals surface area (Å²) in [6.07, 6.45) is 6.04. The van der Waals surface area contributed by atoms with Gasteiger partial charge >= 0.3 is 0 Å². The molecule has 0 fully saturated rings. The second-order valence-electron chi connectivity index (χ2n) is 4.39. The fourth-order valence-electron chi connectivity index (χ4n) is 1.67. The summed E-state index contributed by atoms with van der Waals surface area (Å²) < 4.78 is 10.6. The highest BCUT2D eigenvalue weighted by Crippen LogP contribution is 2.17. The lowest BCUT2D eigenvalue weighted by Crippen LogP contribution is -2.28. The number of hydrogen-bond acceptors (Lipinski definition) is 4. The molecule has 4 nitrogen and oxygen atoms in total. The standard InChI is InChI=1S/C15H22O4/c1-2-3-4-5-6-11-18-13-7-9-14(10-8-13)19-12-15(16)17/h7-10H,2-6,11-12H2,1H3,(H,16,17)/p-1. The second-order valence-corrected chi connectivity index (χ2v) is 4.39. The van der Waals surface area contributed by atoms with Crippen LogP contribution in [0.15, 0.2) is 24.3 Å². The van der Waals surface area contributed by atoms with Gasteiger partial charge in [-0.2, -0.15) is 0 Å². The first kappa shape index (κ1) is 15.3. The van der Waals surface area contributed by atoms with Crippen LogP contribution in [0.2, 0.25) is 0 Å². The van der Waals surface area contributed by atoms with Gasteiger partial charge in [0, 0.05) is 0 Å². The third-order valence-electron chi connectivity index (χ3n) is 2.70. The van der Waals surface area contributed by atoms with Crippen LogP contribution >= 0.6 is 0 Å². The summed E-state index contributed by atoms with van der Waals surface area (Å²) in [6, 6.07) is 6.93. The molecule has 0 spiro atoms. The Morgan fingerprint density at radius 1 is 1.00 bits per heavy atom. The highest BCUT2D eigenvalue weighted by molar-refractivity contribution is 5.66. The molecule has 0 radical (unpaired) electrons. The van der Waals surface area contributed by atoms with Gasteiger partial charge in [0.15, 0.2) is 0 Å². The van der Waals surface area contributed by atoms with Gasteiger partial charge in [-0.3, -0.25) is 0 Å². The molecule has 106 valence electrons. The van der Waals surface area contributed by atoms with Gasteiger partial charge in [0.05, 0.1) is 12.6 Å². The first-order valence-electron chi connectivity index (χ1n) is 6.78. The molecule has 1 aromatic carbocycles. The number of aliphatic carboxylic acids is 1. The summed E-state index contributed by atoms with van der Waals surface area (Å²) >= 11 is 0. The van der Waals surface area contributed by atoms with Crippen molar-refractivity contribution < 1.29 is 19.4 Å². The summed E-state index contributed by atoms with van der Waals surface area (Å²) in [5.41, 5.74) is 0. The summed E-state index contributed by atoms with van der Waals surface area (Å²) in [5.74, 6) is 0.0446. The lowest BCUT2D eigenvalue weighted by molar-refractivity contribution is -0.307. The zero-order valence-corrected chi connectivity index (χ0v) is 11.4. The number of carboxylic acids is 1. The van der Waals surface area contributed by atoms with Crippen LogP contribution in [0, 0.1) is 0 Å². The van der Waals surface area contributed by atoms with Crippen molar-refractivity contribution in [2.24, 2.45) is 0 Å². The van der Waals surface area contributed by atoms with Crippen LogP contribution in [0.5, 0.6) is 11.5 Å². The van der Waals surface area contributed by atoms with E-state index >= 15 is 0 Å². The molecule has 0 aliphatic carbocycles. The SMILES string of the molecule is CCCCCCCOc1ccc(OCC(=O)[O-])cc1. The highest BCUT2D eigenvalue weighted by atomic mass is 16.5.